The first-order valence-electron chi connectivity index (χ1n) is 5.09. The second kappa shape index (κ2) is 5.75. The number of pyridine rings is 1. The van der Waals surface area contributed by atoms with E-state index in [4.69, 9.17) is 5.73 Å². The zero-order valence-corrected chi connectivity index (χ0v) is 10.5. The number of nitrogens with zero attached hydrogens (tertiary/aromatic N) is 1. The van der Waals surface area contributed by atoms with E-state index in [-0.39, 0.29) is 0 Å². The first kappa shape index (κ1) is 12.8. The highest BCUT2D eigenvalue weighted by Crippen LogP contribution is 2.25. The number of carbonyl (C=O) groups is 1. The molecule has 0 fully saturated rings. The Morgan fingerprint density at radius 3 is 2.94 bits per heavy atom. The second-order valence-corrected chi connectivity index (χ2v) is 4.90. The van der Waals surface area contributed by atoms with Crippen molar-refractivity contribution in [3.63, 3.8) is 0 Å². The fraction of sp³-hybridized carbons (Fsp3) is 0.455. The van der Waals surface area contributed by atoms with Crippen molar-refractivity contribution in [3.8, 4) is 0 Å². The number of esters is 1. The van der Waals surface area contributed by atoms with Crippen LogP contribution in [0.5, 0.6) is 0 Å². The van der Waals surface area contributed by atoms with Gasteiger partial charge in [-0.1, -0.05) is 13.8 Å². The first-order valence-corrected chi connectivity index (χ1v) is 5.97. The average Bonchev–Trinajstić information content (AvgIpc) is 2.30. The number of nitrogens with two attached hydrogens (primary N) is 1. The van der Waals surface area contributed by atoms with Gasteiger partial charge in [0.05, 0.1) is 29.6 Å². The van der Waals surface area contributed by atoms with Gasteiger partial charge in [0, 0.05) is 5.25 Å². The van der Waals surface area contributed by atoms with E-state index in [1.807, 2.05) is 0 Å². The predicted molar refractivity (Wildman–Crippen MR) is 65.6 cm³/mol. The van der Waals surface area contributed by atoms with Crippen molar-refractivity contribution in [2.45, 2.75) is 30.5 Å². The molecule has 0 saturated heterocycles. The van der Waals surface area contributed by atoms with Crippen molar-refractivity contribution in [1.82, 2.24) is 4.98 Å². The van der Waals surface area contributed by atoms with Gasteiger partial charge in [0.15, 0.2) is 0 Å². The monoisotopic (exact) mass is 240 g/mol. The van der Waals surface area contributed by atoms with Gasteiger partial charge in [-0.05, 0) is 12.5 Å². The van der Waals surface area contributed by atoms with Crippen molar-refractivity contribution >= 4 is 23.4 Å². The molecule has 1 unspecified atom stereocenters. The Balaban J connectivity index is 2.93. The van der Waals surface area contributed by atoms with E-state index in [9.17, 15) is 4.79 Å². The molecule has 1 atom stereocenters. The summed E-state index contributed by atoms with van der Waals surface area (Å²) in [5.41, 5.74) is 6.38. The van der Waals surface area contributed by atoms with Crippen molar-refractivity contribution in [2.75, 3.05) is 12.8 Å². The van der Waals surface area contributed by atoms with Crippen molar-refractivity contribution < 1.29 is 9.53 Å². The summed E-state index contributed by atoms with van der Waals surface area (Å²) in [7, 11) is 1.34. The van der Waals surface area contributed by atoms with Crippen LogP contribution in [-0.2, 0) is 4.74 Å². The third-order valence-corrected chi connectivity index (χ3v) is 3.41. The summed E-state index contributed by atoms with van der Waals surface area (Å²) in [6.45, 7) is 4.22. The smallest absolute Gasteiger partial charge is 0.340 e. The quantitative estimate of drug-likeness (QED) is 0.646. The molecule has 1 aromatic heterocycles. The van der Waals surface area contributed by atoms with Gasteiger partial charge >= 0.3 is 5.97 Å². The molecule has 2 N–H and O–H groups in total. The van der Waals surface area contributed by atoms with Crippen LogP contribution in [0.4, 0.5) is 5.69 Å². The van der Waals surface area contributed by atoms with Crippen LogP contribution in [-0.4, -0.2) is 23.3 Å². The van der Waals surface area contributed by atoms with Gasteiger partial charge in [-0.2, -0.15) is 0 Å². The lowest BCUT2D eigenvalue weighted by Gasteiger charge is -2.09. The van der Waals surface area contributed by atoms with Crippen LogP contribution >= 0.6 is 11.8 Å². The van der Waals surface area contributed by atoms with Gasteiger partial charge in [-0.15, -0.1) is 11.8 Å². The number of nitrogen functional groups attached to an aromatic ring is 1. The van der Waals surface area contributed by atoms with E-state index in [0.29, 0.717) is 16.5 Å². The van der Waals surface area contributed by atoms with Crippen LogP contribution in [0.2, 0.25) is 0 Å². The van der Waals surface area contributed by atoms with Crippen molar-refractivity contribution in [2.24, 2.45) is 0 Å². The number of methoxy groups -OCH3 is 1. The molecule has 88 valence electrons. The summed E-state index contributed by atoms with van der Waals surface area (Å²) in [4.78, 5) is 15.6. The molecule has 4 nitrogen and oxygen atoms in total. The molecule has 0 spiro atoms. The Morgan fingerprint density at radius 2 is 2.38 bits per heavy atom. The Morgan fingerprint density at radius 1 is 1.69 bits per heavy atom. The molecular formula is C11H16N2O2S. The normalized spacial score (nSPS) is 12.2. The number of ether oxygens (including phenoxy) is 1. The molecule has 0 amide bonds. The van der Waals surface area contributed by atoms with E-state index in [1.165, 1.54) is 13.3 Å². The average molecular weight is 240 g/mol. The molecule has 0 aliphatic carbocycles. The molecule has 0 aromatic carbocycles. The van der Waals surface area contributed by atoms with Crippen LogP contribution in [0.1, 0.15) is 30.6 Å². The second-order valence-electron chi connectivity index (χ2n) is 3.44. The van der Waals surface area contributed by atoms with E-state index >= 15 is 0 Å². The molecule has 0 saturated carbocycles. The van der Waals surface area contributed by atoms with Gasteiger partial charge in [-0.3, -0.25) is 0 Å². The number of thioether (sulfide) groups is 1. The van der Waals surface area contributed by atoms with Crippen LogP contribution in [0.3, 0.4) is 0 Å². The Hall–Kier alpha value is -1.23. The summed E-state index contributed by atoms with van der Waals surface area (Å²) >= 11 is 1.62. The maximum absolute atomic E-state index is 11.4. The van der Waals surface area contributed by atoms with Gasteiger partial charge in [0.2, 0.25) is 0 Å². The minimum atomic E-state index is -0.425. The van der Waals surface area contributed by atoms with E-state index in [0.717, 1.165) is 11.4 Å². The number of hydrogen-bond donors (Lipinski definition) is 1. The highest BCUT2D eigenvalue weighted by Gasteiger charge is 2.12. The summed E-state index contributed by atoms with van der Waals surface area (Å²) < 4.78 is 4.65. The highest BCUT2D eigenvalue weighted by atomic mass is 32.2. The SMILES string of the molecule is CCC(C)Sc1cc(C(=O)OC)c(N)cn1. The number of aromatic nitrogens is 1. The fourth-order valence-corrected chi connectivity index (χ4v) is 1.97. The third-order valence-electron chi connectivity index (χ3n) is 2.21. The van der Waals surface area contributed by atoms with Gasteiger partial charge in [0.1, 0.15) is 0 Å². The molecule has 0 bridgehead atoms. The molecule has 0 aliphatic heterocycles. The minimum Gasteiger partial charge on any atom is -0.465 e. The van der Waals surface area contributed by atoms with Gasteiger partial charge in [0.25, 0.3) is 0 Å². The predicted octanol–water partition coefficient (Wildman–Crippen LogP) is 2.34. The molecule has 1 aromatic rings. The third kappa shape index (κ3) is 3.13. The van der Waals surface area contributed by atoms with Crippen LogP contribution in [0.25, 0.3) is 0 Å². The lowest BCUT2D eigenvalue weighted by Crippen LogP contribution is -2.07. The summed E-state index contributed by atoms with van der Waals surface area (Å²) in [5.74, 6) is -0.425. The minimum absolute atomic E-state index is 0.348. The van der Waals surface area contributed by atoms with Crippen LogP contribution in [0, 0.1) is 0 Å². The Labute approximate surface area is 99.6 Å². The molecule has 1 heterocycles. The van der Waals surface area contributed by atoms with Crippen molar-refractivity contribution in [1.29, 1.82) is 0 Å². The number of hydrogen-bond acceptors (Lipinski definition) is 5. The maximum atomic E-state index is 11.4. The Kier molecular flexibility index (Phi) is 4.61. The number of carbonyl (C=O) groups excluding carboxylic acids is 1. The molecule has 16 heavy (non-hydrogen) atoms. The molecular weight excluding hydrogens is 224 g/mol. The van der Waals surface area contributed by atoms with E-state index in [2.05, 4.69) is 23.6 Å². The maximum Gasteiger partial charge on any atom is 0.340 e. The van der Waals surface area contributed by atoms with Crippen LogP contribution in [0.15, 0.2) is 17.3 Å². The summed E-state index contributed by atoms with van der Waals surface area (Å²) in [5, 5.41) is 1.26. The summed E-state index contributed by atoms with van der Waals surface area (Å²) in [6.07, 6.45) is 2.54. The molecule has 5 heteroatoms. The number of anilines is 1. The molecule has 1 rings (SSSR count). The highest BCUT2D eigenvalue weighted by molar-refractivity contribution is 7.99. The van der Waals surface area contributed by atoms with Gasteiger partial charge < -0.3 is 10.5 Å². The fourth-order valence-electron chi connectivity index (χ4n) is 1.09. The van der Waals surface area contributed by atoms with Crippen molar-refractivity contribution in [3.05, 3.63) is 17.8 Å². The lowest BCUT2D eigenvalue weighted by atomic mass is 10.2. The van der Waals surface area contributed by atoms with E-state index < -0.39 is 5.97 Å². The Bertz CT molecular complexity index is 382. The van der Waals surface area contributed by atoms with Gasteiger partial charge in [-0.25, -0.2) is 9.78 Å². The zero-order chi connectivity index (χ0) is 12.1. The lowest BCUT2D eigenvalue weighted by molar-refractivity contribution is 0.0601. The zero-order valence-electron chi connectivity index (χ0n) is 9.69. The summed E-state index contributed by atoms with van der Waals surface area (Å²) in [6, 6.07) is 1.68. The molecule has 0 aliphatic rings. The van der Waals surface area contributed by atoms with Crippen LogP contribution < -0.4 is 5.73 Å². The first-order chi connectivity index (χ1) is 7.58. The number of rotatable bonds is 4. The van der Waals surface area contributed by atoms with E-state index in [1.54, 1.807) is 17.8 Å². The molecule has 0 radical (unpaired) electrons. The topological polar surface area (TPSA) is 65.2 Å². The standard InChI is InChI=1S/C11H16N2O2S/c1-4-7(2)16-10-5-8(11(14)15-3)9(12)6-13-10/h5-7H,4,12H2,1-3H3. The largest absolute Gasteiger partial charge is 0.465 e.